The van der Waals surface area contributed by atoms with Gasteiger partial charge in [-0.05, 0) is 18.9 Å². The number of carbonyl (C=O) groups excluding carboxylic acids is 1. The number of rotatable bonds is 3. The smallest absolute Gasteiger partial charge is 0.151 e. The zero-order chi connectivity index (χ0) is 7.44. The molecule has 0 saturated carbocycles. The molecule has 0 aliphatic carbocycles. The molecule has 0 aliphatic rings. The van der Waals surface area contributed by atoms with Crippen LogP contribution < -0.4 is 5.32 Å². The number of hydrogen-bond acceptors (Lipinski definition) is 3. The van der Waals surface area contributed by atoms with E-state index in [0.717, 1.165) is 0 Å². The first-order chi connectivity index (χ1) is 4.09. The minimum absolute atomic E-state index is 0.0394. The fourth-order valence-electron chi connectivity index (χ4n) is 0.605. The third kappa shape index (κ3) is 2.67. The molecular formula is C6H11NOS. The van der Waals surface area contributed by atoms with Gasteiger partial charge in [0, 0.05) is 0 Å². The van der Waals surface area contributed by atoms with Crippen LogP contribution in [-0.4, -0.2) is 18.9 Å². The van der Waals surface area contributed by atoms with Gasteiger partial charge < -0.3 is 5.32 Å². The second-order valence-electron chi connectivity index (χ2n) is 1.82. The first-order valence-electron chi connectivity index (χ1n) is 2.65. The molecule has 1 atom stereocenters. The molecule has 0 aromatic heterocycles. The molecule has 0 spiro atoms. The molecule has 0 radical (unpaired) electrons. The van der Waals surface area contributed by atoms with Gasteiger partial charge in [0.15, 0.2) is 5.78 Å². The summed E-state index contributed by atoms with van der Waals surface area (Å²) in [6, 6.07) is -0.298. The average molecular weight is 145 g/mol. The van der Waals surface area contributed by atoms with Crippen LogP contribution in [0.2, 0.25) is 0 Å². The van der Waals surface area contributed by atoms with Gasteiger partial charge in [0.25, 0.3) is 0 Å². The van der Waals surface area contributed by atoms with Crippen molar-refractivity contribution in [2.75, 3.05) is 7.05 Å². The summed E-state index contributed by atoms with van der Waals surface area (Å²) in [7, 11) is 1.70. The molecule has 0 saturated heterocycles. The summed E-state index contributed by atoms with van der Waals surface area (Å²) in [5.74, 6) is 0.0394. The summed E-state index contributed by atoms with van der Waals surface area (Å²) in [6.45, 7) is 5.03. The van der Waals surface area contributed by atoms with Crippen molar-refractivity contribution in [1.29, 1.82) is 0 Å². The molecule has 3 heteroatoms. The highest BCUT2D eigenvalue weighted by Gasteiger charge is 2.11. The van der Waals surface area contributed by atoms with Gasteiger partial charge in [-0.25, -0.2) is 0 Å². The van der Waals surface area contributed by atoms with Crippen molar-refractivity contribution in [3.8, 4) is 0 Å². The topological polar surface area (TPSA) is 29.1 Å². The van der Waals surface area contributed by atoms with Crippen LogP contribution in [-0.2, 0) is 4.79 Å². The lowest BCUT2D eigenvalue weighted by Crippen LogP contribution is -2.32. The van der Waals surface area contributed by atoms with Crippen LogP contribution >= 0.6 is 12.6 Å². The predicted octanol–water partition coefficient (Wildman–Crippen LogP) is 0.607. The van der Waals surface area contributed by atoms with Gasteiger partial charge in [0.1, 0.15) is 0 Å². The van der Waals surface area contributed by atoms with E-state index in [1.54, 1.807) is 7.05 Å². The fraction of sp³-hybridized carbons (Fsp3) is 0.500. The Morgan fingerprint density at radius 2 is 2.22 bits per heavy atom. The van der Waals surface area contributed by atoms with Crippen molar-refractivity contribution in [1.82, 2.24) is 5.32 Å². The first-order valence-corrected chi connectivity index (χ1v) is 3.09. The Balaban J connectivity index is 3.99. The maximum atomic E-state index is 10.6. The second kappa shape index (κ2) is 3.69. The Kier molecular flexibility index (Phi) is 3.58. The third-order valence-electron chi connectivity index (χ3n) is 1.03. The van der Waals surface area contributed by atoms with Crippen molar-refractivity contribution < 1.29 is 4.79 Å². The normalized spacial score (nSPS) is 12.8. The van der Waals surface area contributed by atoms with Crippen molar-refractivity contribution in [2.45, 2.75) is 13.0 Å². The van der Waals surface area contributed by atoms with E-state index in [-0.39, 0.29) is 11.8 Å². The van der Waals surface area contributed by atoms with Gasteiger partial charge >= 0.3 is 0 Å². The van der Waals surface area contributed by atoms with Gasteiger partial charge in [0.05, 0.1) is 6.04 Å². The van der Waals surface area contributed by atoms with E-state index in [9.17, 15) is 4.79 Å². The summed E-state index contributed by atoms with van der Waals surface area (Å²) in [4.78, 5) is 11.2. The zero-order valence-corrected chi connectivity index (χ0v) is 6.53. The molecule has 0 rings (SSSR count). The van der Waals surface area contributed by atoms with Gasteiger partial charge in [-0.1, -0.05) is 6.58 Å². The molecule has 2 nitrogen and oxygen atoms in total. The SMILES string of the molecule is C=C(S)[C@H](NC)C(C)=O. The fourth-order valence-corrected chi connectivity index (χ4v) is 0.915. The average Bonchev–Trinajstić information content (AvgIpc) is 1.64. The molecule has 0 amide bonds. The second-order valence-corrected chi connectivity index (χ2v) is 2.40. The molecule has 0 aromatic carbocycles. The van der Waals surface area contributed by atoms with Crippen molar-refractivity contribution >= 4 is 18.4 Å². The Morgan fingerprint density at radius 3 is 2.22 bits per heavy atom. The molecule has 52 valence electrons. The van der Waals surface area contributed by atoms with E-state index in [1.807, 2.05) is 0 Å². The Hall–Kier alpha value is -0.280. The van der Waals surface area contributed by atoms with Crippen LogP contribution in [0.3, 0.4) is 0 Å². The highest BCUT2D eigenvalue weighted by Crippen LogP contribution is 2.03. The summed E-state index contributed by atoms with van der Waals surface area (Å²) < 4.78 is 0. The molecule has 0 unspecified atom stereocenters. The van der Waals surface area contributed by atoms with Crippen molar-refractivity contribution in [2.24, 2.45) is 0 Å². The van der Waals surface area contributed by atoms with Crippen LogP contribution in [0.5, 0.6) is 0 Å². The standard InChI is InChI=1S/C6H11NOS/c1-4(8)6(7-3)5(2)9/h6-7,9H,2H2,1,3H3/t6-/m1/s1. The zero-order valence-electron chi connectivity index (χ0n) is 5.64. The molecule has 9 heavy (non-hydrogen) atoms. The van der Waals surface area contributed by atoms with Gasteiger partial charge in [-0.2, -0.15) is 0 Å². The van der Waals surface area contributed by atoms with E-state index in [1.165, 1.54) is 6.92 Å². The molecule has 0 aromatic rings. The number of carbonyl (C=O) groups is 1. The lowest BCUT2D eigenvalue weighted by Gasteiger charge is -2.09. The van der Waals surface area contributed by atoms with Crippen molar-refractivity contribution in [3.63, 3.8) is 0 Å². The van der Waals surface area contributed by atoms with E-state index < -0.39 is 0 Å². The van der Waals surface area contributed by atoms with E-state index in [4.69, 9.17) is 0 Å². The molecule has 1 N–H and O–H groups in total. The maximum absolute atomic E-state index is 10.6. The molecule has 0 fully saturated rings. The number of hydrogen-bond donors (Lipinski definition) is 2. The number of likely N-dealkylation sites (N-methyl/N-ethyl adjacent to an activating group) is 1. The molecular weight excluding hydrogens is 134 g/mol. The lowest BCUT2D eigenvalue weighted by molar-refractivity contribution is -0.117. The quantitative estimate of drug-likeness (QED) is 0.570. The molecule has 0 bridgehead atoms. The lowest BCUT2D eigenvalue weighted by atomic mass is 10.2. The number of Topliss-reactive ketones (excluding diaryl/α,β-unsaturated/α-hetero) is 1. The van der Waals surface area contributed by atoms with Gasteiger partial charge in [0.2, 0.25) is 0 Å². The number of nitrogens with one attached hydrogen (secondary N) is 1. The van der Waals surface area contributed by atoms with Crippen LogP contribution in [0, 0.1) is 0 Å². The summed E-state index contributed by atoms with van der Waals surface area (Å²) in [5.41, 5.74) is 0. The van der Waals surface area contributed by atoms with Crippen molar-refractivity contribution in [3.05, 3.63) is 11.5 Å². The molecule has 0 heterocycles. The Morgan fingerprint density at radius 1 is 1.78 bits per heavy atom. The predicted molar refractivity (Wildman–Crippen MR) is 41.7 cm³/mol. The third-order valence-corrected chi connectivity index (χ3v) is 1.29. The summed E-state index contributed by atoms with van der Waals surface area (Å²) in [6.07, 6.45) is 0. The highest BCUT2D eigenvalue weighted by molar-refractivity contribution is 7.84. The highest BCUT2D eigenvalue weighted by atomic mass is 32.1. The minimum Gasteiger partial charge on any atom is -0.306 e. The minimum atomic E-state index is -0.298. The molecule has 0 aliphatic heterocycles. The number of thiol groups is 1. The van der Waals surface area contributed by atoms with Crippen LogP contribution in [0.15, 0.2) is 11.5 Å². The van der Waals surface area contributed by atoms with E-state index in [2.05, 4.69) is 24.5 Å². The van der Waals surface area contributed by atoms with E-state index in [0.29, 0.717) is 4.91 Å². The summed E-state index contributed by atoms with van der Waals surface area (Å²) >= 11 is 3.93. The summed E-state index contributed by atoms with van der Waals surface area (Å²) in [5, 5.41) is 2.78. The largest absolute Gasteiger partial charge is 0.306 e. The Labute approximate surface area is 60.7 Å². The maximum Gasteiger partial charge on any atom is 0.151 e. The van der Waals surface area contributed by atoms with Crippen LogP contribution in [0.1, 0.15) is 6.92 Å². The van der Waals surface area contributed by atoms with Gasteiger partial charge in [-0.15, -0.1) is 12.6 Å². The van der Waals surface area contributed by atoms with Gasteiger partial charge in [-0.3, -0.25) is 4.79 Å². The first kappa shape index (κ1) is 8.72. The monoisotopic (exact) mass is 145 g/mol. The number of ketones is 1. The van der Waals surface area contributed by atoms with Crippen LogP contribution in [0.25, 0.3) is 0 Å². The van der Waals surface area contributed by atoms with E-state index >= 15 is 0 Å². The van der Waals surface area contributed by atoms with Crippen LogP contribution in [0.4, 0.5) is 0 Å². The Bertz CT molecular complexity index is 119.